The van der Waals surface area contributed by atoms with E-state index in [1.807, 2.05) is 34.9 Å². The van der Waals surface area contributed by atoms with Crippen LogP contribution in [0.5, 0.6) is 5.88 Å². The van der Waals surface area contributed by atoms with E-state index in [4.69, 9.17) is 9.72 Å². The van der Waals surface area contributed by atoms with Crippen LogP contribution in [0.2, 0.25) is 0 Å². The average Bonchev–Trinajstić information content (AvgIpc) is 3.34. The Morgan fingerprint density at radius 1 is 1.10 bits per heavy atom. The molecule has 29 heavy (non-hydrogen) atoms. The maximum absolute atomic E-state index is 14.2. The minimum atomic E-state index is -0.506. The van der Waals surface area contributed by atoms with Crippen molar-refractivity contribution in [3.8, 4) is 17.3 Å². The first-order chi connectivity index (χ1) is 14.0. The van der Waals surface area contributed by atoms with Gasteiger partial charge in [-0.05, 0) is 38.3 Å². The Kier molecular flexibility index (Phi) is 4.04. The number of benzene rings is 1. The monoisotopic (exact) mass is 389 g/mol. The zero-order valence-electron chi connectivity index (χ0n) is 16.3. The number of halogens is 1. The highest BCUT2D eigenvalue weighted by atomic mass is 19.1. The summed E-state index contributed by atoms with van der Waals surface area (Å²) < 4.78 is 22.3. The molecule has 1 aliphatic rings. The summed E-state index contributed by atoms with van der Waals surface area (Å²) in [6, 6.07) is 11.8. The van der Waals surface area contributed by atoms with Crippen LogP contribution in [0, 0.1) is 12.9 Å². The van der Waals surface area contributed by atoms with E-state index in [9.17, 15) is 4.39 Å². The van der Waals surface area contributed by atoms with Crippen molar-refractivity contribution in [2.75, 3.05) is 0 Å². The third-order valence-electron chi connectivity index (χ3n) is 5.36. The molecule has 6 nitrogen and oxygen atoms in total. The summed E-state index contributed by atoms with van der Waals surface area (Å²) >= 11 is 0. The molecule has 3 aromatic heterocycles. The molecular weight excluding hydrogens is 369 g/mol. The Morgan fingerprint density at radius 2 is 1.90 bits per heavy atom. The van der Waals surface area contributed by atoms with Crippen LogP contribution in [0.3, 0.4) is 0 Å². The van der Waals surface area contributed by atoms with Crippen molar-refractivity contribution >= 4 is 11.2 Å². The van der Waals surface area contributed by atoms with Crippen LogP contribution in [0.1, 0.15) is 30.9 Å². The van der Waals surface area contributed by atoms with Crippen molar-refractivity contribution in [3.05, 3.63) is 66.0 Å². The SMILES string of the molecule is Cc1c(-c2nc3c(OC4(C)CC4)ncnc3n2Cc2ccccc2)ccnc1F. The molecule has 0 bridgehead atoms. The van der Waals surface area contributed by atoms with Gasteiger partial charge in [0.25, 0.3) is 0 Å². The van der Waals surface area contributed by atoms with Gasteiger partial charge in [-0.25, -0.2) is 15.0 Å². The first kappa shape index (κ1) is 17.7. The number of ether oxygens (including phenoxy) is 1. The smallest absolute Gasteiger partial charge is 0.245 e. The average molecular weight is 389 g/mol. The van der Waals surface area contributed by atoms with Crippen LogP contribution >= 0.6 is 0 Å². The molecule has 0 saturated heterocycles. The van der Waals surface area contributed by atoms with Gasteiger partial charge in [0.05, 0.1) is 6.54 Å². The van der Waals surface area contributed by atoms with Gasteiger partial charge in [-0.1, -0.05) is 30.3 Å². The second-order valence-electron chi connectivity index (χ2n) is 7.68. The predicted octanol–water partition coefficient (Wildman–Crippen LogP) is 4.32. The first-order valence-corrected chi connectivity index (χ1v) is 9.60. The largest absolute Gasteiger partial charge is 0.470 e. The topological polar surface area (TPSA) is 65.7 Å². The fourth-order valence-electron chi connectivity index (χ4n) is 3.38. The van der Waals surface area contributed by atoms with Crippen LogP contribution < -0.4 is 4.74 Å². The molecule has 3 heterocycles. The van der Waals surface area contributed by atoms with E-state index in [0.717, 1.165) is 18.4 Å². The van der Waals surface area contributed by atoms with Crippen molar-refractivity contribution in [3.63, 3.8) is 0 Å². The number of rotatable bonds is 5. The lowest BCUT2D eigenvalue weighted by molar-refractivity contribution is 0.194. The molecule has 1 saturated carbocycles. The Labute approximate surface area is 167 Å². The molecule has 0 aliphatic heterocycles. The summed E-state index contributed by atoms with van der Waals surface area (Å²) in [6.45, 7) is 4.31. The van der Waals surface area contributed by atoms with E-state index in [1.54, 1.807) is 13.0 Å². The van der Waals surface area contributed by atoms with E-state index < -0.39 is 5.95 Å². The number of pyridine rings is 1. The molecule has 7 heteroatoms. The maximum Gasteiger partial charge on any atom is 0.245 e. The van der Waals surface area contributed by atoms with Gasteiger partial charge in [-0.15, -0.1) is 0 Å². The van der Waals surface area contributed by atoms with Crippen LogP contribution in [0.4, 0.5) is 4.39 Å². The second-order valence-corrected chi connectivity index (χ2v) is 7.68. The van der Waals surface area contributed by atoms with Crippen molar-refractivity contribution < 1.29 is 9.13 Å². The van der Waals surface area contributed by atoms with E-state index >= 15 is 0 Å². The first-order valence-electron chi connectivity index (χ1n) is 9.60. The number of hydrogen-bond donors (Lipinski definition) is 0. The van der Waals surface area contributed by atoms with Crippen LogP contribution in [-0.4, -0.2) is 30.1 Å². The summed E-state index contributed by atoms with van der Waals surface area (Å²) in [5, 5.41) is 0. The maximum atomic E-state index is 14.2. The lowest BCUT2D eigenvalue weighted by atomic mass is 10.1. The van der Waals surface area contributed by atoms with Crippen molar-refractivity contribution in [1.82, 2.24) is 24.5 Å². The van der Waals surface area contributed by atoms with Gasteiger partial charge in [0.15, 0.2) is 11.2 Å². The number of aromatic nitrogens is 5. The van der Waals surface area contributed by atoms with Gasteiger partial charge < -0.3 is 9.30 Å². The minimum absolute atomic E-state index is 0.191. The van der Waals surface area contributed by atoms with Crippen molar-refractivity contribution in [2.45, 2.75) is 38.8 Å². The lowest BCUT2D eigenvalue weighted by Gasteiger charge is -2.12. The second kappa shape index (κ2) is 6.62. The predicted molar refractivity (Wildman–Crippen MR) is 107 cm³/mol. The quantitative estimate of drug-likeness (QED) is 0.476. The lowest BCUT2D eigenvalue weighted by Crippen LogP contribution is -2.13. The summed E-state index contributed by atoms with van der Waals surface area (Å²) in [7, 11) is 0. The normalized spacial score (nSPS) is 14.9. The third kappa shape index (κ3) is 3.22. The molecule has 0 atom stereocenters. The highest BCUT2D eigenvalue weighted by molar-refractivity contribution is 5.82. The molecule has 0 N–H and O–H groups in total. The molecule has 0 spiro atoms. The molecule has 1 aromatic carbocycles. The highest BCUT2D eigenvalue weighted by Gasteiger charge is 2.41. The molecule has 0 unspecified atom stereocenters. The molecule has 0 amide bonds. The summed E-state index contributed by atoms with van der Waals surface area (Å²) in [5.41, 5.74) is 3.27. The number of nitrogens with zero attached hydrogens (tertiary/aromatic N) is 5. The van der Waals surface area contributed by atoms with E-state index in [-0.39, 0.29) is 5.60 Å². The fourth-order valence-corrected chi connectivity index (χ4v) is 3.38. The van der Waals surface area contributed by atoms with Gasteiger partial charge >= 0.3 is 0 Å². The number of imidazole rings is 1. The summed E-state index contributed by atoms with van der Waals surface area (Å²) in [4.78, 5) is 17.4. The van der Waals surface area contributed by atoms with E-state index in [2.05, 4.69) is 21.9 Å². The van der Waals surface area contributed by atoms with Crippen LogP contribution in [-0.2, 0) is 6.54 Å². The Morgan fingerprint density at radius 3 is 2.66 bits per heavy atom. The molecule has 0 radical (unpaired) electrons. The van der Waals surface area contributed by atoms with Gasteiger partial charge in [-0.2, -0.15) is 9.37 Å². The Hall–Kier alpha value is -3.35. The molecular formula is C22H20FN5O. The summed E-state index contributed by atoms with van der Waals surface area (Å²) in [6.07, 6.45) is 4.93. The van der Waals surface area contributed by atoms with Crippen molar-refractivity contribution in [1.29, 1.82) is 0 Å². The number of hydrogen-bond acceptors (Lipinski definition) is 5. The van der Waals surface area contributed by atoms with Crippen molar-refractivity contribution in [2.24, 2.45) is 0 Å². The van der Waals surface area contributed by atoms with Gasteiger partial charge in [0.1, 0.15) is 17.8 Å². The van der Waals surface area contributed by atoms with Gasteiger partial charge in [-0.3, -0.25) is 0 Å². The zero-order valence-corrected chi connectivity index (χ0v) is 16.3. The third-order valence-corrected chi connectivity index (χ3v) is 5.36. The van der Waals surface area contributed by atoms with Crippen LogP contribution in [0.15, 0.2) is 48.9 Å². The molecule has 4 aromatic rings. The Balaban J connectivity index is 1.72. The Bertz CT molecular complexity index is 1200. The molecule has 5 rings (SSSR count). The van der Waals surface area contributed by atoms with E-state index in [1.165, 1.54) is 12.5 Å². The molecule has 1 aliphatic carbocycles. The minimum Gasteiger partial charge on any atom is -0.470 e. The standard InChI is InChI=1S/C22H20FN5O/c1-14-16(8-11-24-18(14)23)19-27-17-20(28(19)12-15-6-4-3-5-7-15)25-13-26-21(17)29-22(2)9-10-22/h3-8,11,13H,9-10,12H2,1-2H3. The molecule has 146 valence electrons. The summed E-state index contributed by atoms with van der Waals surface area (Å²) in [5.74, 6) is 0.582. The molecule has 1 fully saturated rings. The number of fused-ring (bicyclic) bond motifs is 1. The fraction of sp³-hybridized carbons (Fsp3) is 0.273. The highest BCUT2D eigenvalue weighted by Crippen LogP contribution is 2.41. The zero-order chi connectivity index (χ0) is 20.0. The van der Waals surface area contributed by atoms with Gasteiger partial charge in [0.2, 0.25) is 11.8 Å². The van der Waals surface area contributed by atoms with E-state index in [0.29, 0.717) is 40.5 Å². The van der Waals surface area contributed by atoms with Gasteiger partial charge in [0, 0.05) is 17.3 Å². The van der Waals surface area contributed by atoms with Crippen LogP contribution in [0.25, 0.3) is 22.6 Å².